The van der Waals surface area contributed by atoms with E-state index in [0.717, 1.165) is 11.1 Å². The van der Waals surface area contributed by atoms with Gasteiger partial charge in [-0.3, -0.25) is 9.59 Å². The van der Waals surface area contributed by atoms with Crippen molar-refractivity contribution in [1.29, 1.82) is 0 Å². The molecule has 0 heterocycles. The summed E-state index contributed by atoms with van der Waals surface area (Å²) in [5.74, 6) is -1.70. The van der Waals surface area contributed by atoms with Crippen LogP contribution in [0.1, 0.15) is 42.1 Å². The van der Waals surface area contributed by atoms with Gasteiger partial charge in [-0.1, -0.05) is 49.4 Å². The normalized spacial score (nSPS) is 17.1. The fourth-order valence-electron chi connectivity index (χ4n) is 4.50. The van der Waals surface area contributed by atoms with Gasteiger partial charge in [0.05, 0.1) is 12.1 Å². The number of carbonyl (C=O) groups is 3. The number of fused-ring (bicyclic) bond motifs is 1. The van der Waals surface area contributed by atoms with Crippen LogP contribution in [-0.2, 0) is 11.2 Å². The van der Waals surface area contributed by atoms with E-state index in [4.69, 9.17) is 0 Å². The van der Waals surface area contributed by atoms with E-state index >= 15 is 0 Å². The molecule has 0 aliphatic heterocycles. The minimum atomic E-state index is -0.975. The molecule has 3 aromatic carbocycles. The standard InChI is InChI=1S/C27H25FN2O4/c1-2-27(16-24(31)32)13-12-19-14-17(8-10-21(19)25(27)33)18-9-11-23(22(28)15-18)30-26(34)29-20-6-4-3-5-7-20/h3-11,14-15H,2,12-13,16H2,1H3,(H,31,32)(H2,29,30,34). The third kappa shape index (κ3) is 4.69. The number of hydrogen-bond acceptors (Lipinski definition) is 3. The molecule has 1 unspecified atom stereocenters. The van der Waals surface area contributed by atoms with E-state index in [-0.39, 0.29) is 17.9 Å². The molecule has 1 aliphatic rings. The summed E-state index contributed by atoms with van der Waals surface area (Å²) in [7, 11) is 0. The summed E-state index contributed by atoms with van der Waals surface area (Å²) < 4.78 is 14.8. The Hall–Kier alpha value is -4.00. The van der Waals surface area contributed by atoms with E-state index in [1.165, 1.54) is 12.1 Å². The number of anilines is 2. The summed E-state index contributed by atoms with van der Waals surface area (Å²) in [5, 5.41) is 14.4. The zero-order valence-corrected chi connectivity index (χ0v) is 18.7. The molecule has 3 N–H and O–H groups in total. The number of halogens is 1. The van der Waals surface area contributed by atoms with Gasteiger partial charge in [0.1, 0.15) is 5.82 Å². The van der Waals surface area contributed by atoms with Gasteiger partial charge < -0.3 is 15.7 Å². The highest BCUT2D eigenvalue weighted by Gasteiger charge is 2.42. The van der Waals surface area contributed by atoms with E-state index in [2.05, 4.69) is 10.6 Å². The molecule has 2 amide bonds. The number of benzene rings is 3. The predicted octanol–water partition coefficient (Wildman–Crippen LogP) is 6.14. The summed E-state index contributed by atoms with van der Waals surface area (Å²) in [6, 6.07) is 18.1. The highest BCUT2D eigenvalue weighted by molar-refractivity contribution is 6.04. The van der Waals surface area contributed by atoms with Crippen LogP contribution in [-0.4, -0.2) is 22.9 Å². The van der Waals surface area contributed by atoms with Gasteiger partial charge in [-0.2, -0.15) is 0 Å². The second-order valence-electron chi connectivity index (χ2n) is 8.55. The van der Waals surface area contributed by atoms with Crippen molar-refractivity contribution in [3.05, 3.63) is 83.7 Å². The molecule has 0 radical (unpaired) electrons. The van der Waals surface area contributed by atoms with Gasteiger partial charge in [0.25, 0.3) is 0 Å². The van der Waals surface area contributed by atoms with Gasteiger partial charge in [-0.15, -0.1) is 0 Å². The van der Waals surface area contributed by atoms with Crippen LogP contribution < -0.4 is 10.6 Å². The second kappa shape index (κ2) is 9.47. The SMILES string of the molecule is CCC1(CC(=O)O)CCc2cc(-c3ccc(NC(=O)Nc4ccccc4)c(F)c3)ccc2C1=O. The van der Waals surface area contributed by atoms with Crippen LogP contribution in [0.4, 0.5) is 20.6 Å². The summed E-state index contributed by atoms with van der Waals surface area (Å²) in [4.78, 5) is 36.6. The Kier molecular flexibility index (Phi) is 6.45. The lowest BCUT2D eigenvalue weighted by molar-refractivity contribution is -0.139. The first-order valence-electron chi connectivity index (χ1n) is 11.1. The third-order valence-electron chi connectivity index (χ3n) is 6.45. The number of carboxylic acid groups (broad SMARTS) is 1. The minimum absolute atomic E-state index is 0.0479. The van der Waals surface area contributed by atoms with Crippen molar-refractivity contribution in [3.63, 3.8) is 0 Å². The molecule has 0 saturated heterocycles. The predicted molar refractivity (Wildman–Crippen MR) is 129 cm³/mol. The molecule has 7 heteroatoms. The lowest BCUT2D eigenvalue weighted by atomic mass is 9.67. The van der Waals surface area contributed by atoms with Crippen molar-refractivity contribution in [1.82, 2.24) is 0 Å². The maximum absolute atomic E-state index is 14.8. The topological polar surface area (TPSA) is 95.5 Å². The highest BCUT2D eigenvalue weighted by Crippen LogP contribution is 2.42. The molecule has 6 nitrogen and oxygen atoms in total. The van der Waals surface area contributed by atoms with Gasteiger partial charge in [-0.05, 0) is 60.2 Å². The van der Waals surface area contributed by atoms with Crippen LogP contribution in [0, 0.1) is 11.2 Å². The third-order valence-corrected chi connectivity index (χ3v) is 6.45. The van der Waals surface area contributed by atoms with Crippen molar-refractivity contribution >= 4 is 29.2 Å². The van der Waals surface area contributed by atoms with Gasteiger partial charge in [0.15, 0.2) is 5.78 Å². The van der Waals surface area contributed by atoms with E-state index in [1.54, 1.807) is 42.5 Å². The lowest BCUT2D eigenvalue weighted by Gasteiger charge is -2.35. The van der Waals surface area contributed by atoms with Crippen molar-refractivity contribution in [2.75, 3.05) is 10.6 Å². The Balaban J connectivity index is 1.52. The van der Waals surface area contributed by atoms with E-state index in [0.29, 0.717) is 36.1 Å². The number of amides is 2. The first-order valence-corrected chi connectivity index (χ1v) is 11.1. The summed E-state index contributed by atoms with van der Waals surface area (Å²) in [5.41, 5.74) is 2.49. The molecule has 0 aromatic heterocycles. The van der Waals surface area contributed by atoms with Crippen LogP contribution in [0.2, 0.25) is 0 Å². The number of rotatable bonds is 6. The maximum atomic E-state index is 14.8. The molecule has 1 aliphatic carbocycles. The van der Waals surface area contributed by atoms with Crippen molar-refractivity contribution < 1.29 is 23.9 Å². The number of ketones is 1. The summed E-state index contributed by atoms with van der Waals surface area (Å²) in [6.07, 6.45) is 1.34. The van der Waals surface area contributed by atoms with Crippen molar-refractivity contribution in [2.45, 2.75) is 32.6 Å². The molecule has 34 heavy (non-hydrogen) atoms. The molecule has 0 bridgehead atoms. The number of para-hydroxylation sites is 1. The van der Waals surface area contributed by atoms with Crippen LogP contribution in [0.25, 0.3) is 11.1 Å². The van der Waals surface area contributed by atoms with Crippen molar-refractivity contribution in [3.8, 4) is 11.1 Å². The summed E-state index contributed by atoms with van der Waals surface area (Å²) >= 11 is 0. The van der Waals surface area contributed by atoms with Crippen LogP contribution in [0.3, 0.4) is 0 Å². The Morgan fingerprint density at radius 1 is 1.00 bits per heavy atom. The minimum Gasteiger partial charge on any atom is -0.481 e. The number of Topliss-reactive ketones (excluding diaryl/α,β-unsaturated/α-hetero) is 1. The van der Waals surface area contributed by atoms with E-state index in [9.17, 15) is 23.9 Å². The number of nitrogens with one attached hydrogen (secondary N) is 2. The van der Waals surface area contributed by atoms with Crippen LogP contribution >= 0.6 is 0 Å². The monoisotopic (exact) mass is 460 g/mol. The number of carbonyl (C=O) groups excluding carboxylic acids is 2. The Bertz CT molecular complexity index is 1260. The van der Waals surface area contributed by atoms with Crippen molar-refractivity contribution in [2.24, 2.45) is 5.41 Å². The average molecular weight is 461 g/mol. The molecule has 4 rings (SSSR count). The fraction of sp³-hybridized carbons (Fsp3) is 0.222. The summed E-state index contributed by atoms with van der Waals surface area (Å²) in [6.45, 7) is 1.85. The van der Waals surface area contributed by atoms with E-state index < -0.39 is 23.2 Å². The zero-order chi connectivity index (χ0) is 24.3. The molecular formula is C27H25FN2O4. The van der Waals surface area contributed by atoms with Crippen LogP contribution in [0.5, 0.6) is 0 Å². The molecular weight excluding hydrogens is 435 g/mol. The van der Waals surface area contributed by atoms with Gasteiger partial charge in [0, 0.05) is 16.7 Å². The first kappa shape index (κ1) is 23.2. The zero-order valence-electron chi connectivity index (χ0n) is 18.7. The molecule has 174 valence electrons. The molecule has 0 fully saturated rings. The quantitative estimate of drug-likeness (QED) is 0.412. The number of urea groups is 1. The number of carboxylic acids is 1. The fourth-order valence-corrected chi connectivity index (χ4v) is 4.50. The second-order valence-corrected chi connectivity index (χ2v) is 8.55. The average Bonchev–Trinajstić information content (AvgIpc) is 2.82. The largest absolute Gasteiger partial charge is 0.481 e. The smallest absolute Gasteiger partial charge is 0.323 e. The van der Waals surface area contributed by atoms with Gasteiger partial charge in [0.2, 0.25) is 0 Å². The van der Waals surface area contributed by atoms with Gasteiger partial charge in [-0.25, -0.2) is 9.18 Å². The highest BCUT2D eigenvalue weighted by atomic mass is 19.1. The number of aryl methyl sites for hydroxylation is 1. The number of aliphatic carboxylic acids is 1. The Morgan fingerprint density at radius 2 is 1.71 bits per heavy atom. The molecule has 0 spiro atoms. The maximum Gasteiger partial charge on any atom is 0.323 e. The molecule has 0 saturated carbocycles. The Labute approximate surface area is 196 Å². The van der Waals surface area contributed by atoms with E-state index in [1.807, 2.05) is 19.1 Å². The van der Waals surface area contributed by atoms with Crippen LogP contribution in [0.15, 0.2) is 66.7 Å². The molecule has 1 atom stereocenters. The Morgan fingerprint density at radius 3 is 2.38 bits per heavy atom. The van der Waals surface area contributed by atoms with Gasteiger partial charge >= 0.3 is 12.0 Å². The number of hydrogen-bond donors (Lipinski definition) is 3. The lowest BCUT2D eigenvalue weighted by Crippen LogP contribution is -2.37. The first-order chi connectivity index (χ1) is 16.3. The molecule has 3 aromatic rings.